The van der Waals surface area contributed by atoms with E-state index in [4.69, 9.17) is 4.74 Å². The summed E-state index contributed by atoms with van der Waals surface area (Å²) in [4.78, 5) is 0. The molecule has 0 spiro atoms. The largest absolute Gasteiger partial charge is 0.494 e. The van der Waals surface area contributed by atoms with E-state index in [2.05, 4.69) is 41.9 Å². The highest BCUT2D eigenvalue weighted by atomic mass is 79.9. The predicted molar refractivity (Wildman–Crippen MR) is 69.2 cm³/mol. The van der Waals surface area contributed by atoms with E-state index in [9.17, 15) is 0 Å². The van der Waals surface area contributed by atoms with Gasteiger partial charge in [-0.1, -0.05) is 22.0 Å². The number of aryl methyl sites for hydroxylation is 1. The van der Waals surface area contributed by atoms with Crippen LogP contribution in [0.2, 0.25) is 0 Å². The van der Waals surface area contributed by atoms with E-state index in [0.29, 0.717) is 0 Å². The molecule has 0 aliphatic rings. The lowest BCUT2D eigenvalue weighted by molar-refractivity contribution is 0.337. The molecule has 0 amide bonds. The fourth-order valence-corrected chi connectivity index (χ4v) is 1.97. The molecular formula is C13H19BrO. The van der Waals surface area contributed by atoms with Gasteiger partial charge in [0.2, 0.25) is 0 Å². The first kappa shape index (κ1) is 12.6. The number of rotatable bonds is 5. The van der Waals surface area contributed by atoms with Crippen molar-refractivity contribution in [1.82, 2.24) is 0 Å². The summed E-state index contributed by atoms with van der Waals surface area (Å²) >= 11 is 3.46. The van der Waals surface area contributed by atoms with Crippen LogP contribution in [0.15, 0.2) is 12.1 Å². The monoisotopic (exact) mass is 270 g/mol. The second-order valence-electron chi connectivity index (χ2n) is 3.70. The summed E-state index contributed by atoms with van der Waals surface area (Å²) in [6, 6.07) is 4.28. The number of benzene rings is 1. The fourth-order valence-electron chi connectivity index (χ4n) is 1.69. The minimum Gasteiger partial charge on any atom is -0.494 e. The van der Waals surface area contributed by atoms with Crippen LogP contribution in [0.5, 0.6) is 5.75 Å². The average Bonchev–Trinajstić information content (AvgIpc) is 2.24. The molecule has 0 aliphatic carbocycles. The summed E-state index contributed by atoms with van der Waals surface area (Å²) in [6.07, 6.45) is 2.33. The van der Waals surface area contributed by atoms with Crippen LogP contribution >= 0.6 is 15.9 Å². The second-order valence-corrected chi connectivity index (χ2v) is 4.49. The molecule has 15 heavy (non-hydrogen) atoms. The van der Waals surface area contributed by atoms with E-state index in [0.717, 1.165) is 24.1 Å². The number of alkyl halides is 1. The van der Waals surface area contributed by atoms with Crippen LogP contribution in [0, 0.1) is 13.8 Å². The first-order chi connectivity index (χ1) is 7.20. The summed E-state index contributed by atoms with van der Waals surface area (Å²) in [6.45, 7) is 7.08. The minimum absolute atomic E-state index is 0.737. The molecule has 0 unspecified atom stereocenters. The van der Waals surface area contributed by atoms with E-state index < -0.39 is 0 Å². The third kappa shape index (κ3) is 3.23. The first-order valence-corrected chi connectivity index (χ1v) is 6.60. The fraction of sp³-hybridized carbons (Fsp3) is 0.538. The van der Waals surface area contributed by atoms with Crippen molar-refractivity contribution in [2.75, 3.05) is 11.9 Å². The van der Waals surface area contributed by atoms with E-state index in [1.54, 1.807) is 0 Å². The zero-order valence-corrected chi connectivity index (χ0v) is 11.4. The standard InChI is InChI=1S/C13H19BrO/c1-4-15-13-8-7-12(6-5-9-14)10(2)11(13)3/h7-8H,4-6,9H2,1-3H3. The summed E-state index contributed by atoms with van der Waals surface area (Å²) < 4.78 is 5.57. The molecule has 0 radical (unpaired) electrons. The van der Waals surface area contributed by atoms with Crippen molar-refractivity contribution >= 4 is 15.9 Å². The summed E-state index contributed by atoms with van der Waals surface area (Å²) in [5.74, 6) is 1.03. The average molecular weight is 271 g/mol. The molecule has 2 heteroatoms. The molecule has 1 rings (SSSR count). The van der Waals surface area contributed by atoms with Crippen LogP contribution in [0.1, 0.15) is 30.0 Å². The molecule has 1 aromatic rings. The third-order valence-corrected chi connectivity index (χ3v) is 3.29. The Morgan fingerprint density at radius 1 is 1.20 bits per heavy atom. The van der Waals surface area contributed by atoms with E-state index in [1.807, 2.05) is 6.92 Å². The third-order valence-electron chi connectivity index (χ3n) is 2.73. The molecule has 84 valence electrons. The Kier molecular flexibility index (Phi) is 5.16. The molecule has 1 aromatic carbocycles. The highest BCUT2D eigenvalue weighted by Crippen LogP contribution is 2.25. The lowest BCUT2D eigenvalue weighted by atomic mass is 9.99. The molecule has 0 bridgehead atoms. The van der Waals surface area contributed by atoms with E-state index in [-0.39, 0.29) is 0 Å². The molecule has 0 heterocycles. The molecule has 0 atom stereocenters. The van der Waals surface area contributed by atoms with Crippen LogP contribution in [-0.2, 0) is 6.42 Å². The van der Waals surface area contributed by atoms with Gasteiger partial charge in [0.15, 0.2) is 0 Å². The van der Waals surface area contributed by atoms with Gasteiger partial charge >= 0.3 is 0 Å². The number of hydrogen-bond donors (Lipinski definition) is 0. The molecule has 0 fully saturated rings. The van der Waals surface area contributed by atoms with Gasteiger partial charge in [0.25, 0.3) is 0 Å². The number of halogens is 1. The van der Waals surface area contributed by atoms with Crippen molar-refractivity contribution in [3.63, 3.8) is 0 Å². The number of hydrogen-bond acceptors (Lipinski definition) is 1. The van der Waals surface area contributed by atoms with Gasteiger partial charge in [0, 0.05) is 5.33 Å². The SMILES string of the molecule is CCOc1ccc(CCCBr)c(C)c1C. The smallest absolute Gasteiger partial charge is 0.122 e. The van der Waals surface area contributed by atoms with Gasteiger partial charge in [0.05, 0.1) is 6.61 Å². The topological polar surface area (TPSA) is 9.23 Å². The van der Waals surface area contributed by atoms with Crippen LogP contribution in [0.3, 0.4) is 0 Å². The van der Waals surface area contributed by atoms with Crippen molar-refractivity contribution in [1.29, 1.82) is 0 Å². The highest BCUT2D eigenvalue weighted by Gasteiger charge is 2.06. The summed E-state index contributed by atoms with van der Waals surface area (Å²) in [5, 5.41) is 1.07. The highest BCUT2D eigenvalue weighted by molar-refractivity contribution is 9.09. The zero-order valence-electron chi connectivity index (χ0n) is 9.77. The maximum Gasteiger partial charge on any atom is 0.122 e. The first-order valence-electron chi connectivity index (χ1n) is 5.48. The van der Waals surface area contributed by atoms with Gasteiger partial charge in [-0.25, -0.2) is 0 Å². The van der Waals surface area contributed by atoms with Crippen molar-refractivity contribution in [2.45, 2.75) is 33.6 Å². The maximum atomic E-state index is 5.57. The van der Waals surface area contributed by atoms with E-state index in [1.165, 1.54) is 23.1 Å². The van der Waals surface area contributed by atoms with Crippen molar-refractivity contribution in [2.24, 2.45) is 0 Å². The maximum absolute atomic E-state index is 5.57. The molecule has 1 nitrogen and oxygen atoms in total. The van der Waals surface area contributed by atoms with Gasteiger partial charge in [0.1, 0.15) is 5.75 Å². The van der Waals surface area contributed by atoms with Crippen molar-refractivity contribution in [3.8, 4) is 5.75 Å². The van der Waals surface area contributed by atoms with E-state index >= 15 is 0 Å². The molecule has 0 N–H and O–H groups in total. The van der Waals surface area contributed by atoms with Crippen LogP contribution in [0.4, 0.5) is 0 Å². The van der Waals surface area contributed by atoms with Gasteiger partial charge in [-0.15, -0.1) is 0 Å². The Bertz CT molecular complexity index is 321. The van der Waals surface area contributed by atoms with Gasteiger partial charge in [-0.05, 0) is 56.4 Å². The molecule has 0 saturated heterocycles. The zero-order chi connectivity index (χ0) is 11.3. The van der Waals surface area contributed by atoms with Crippen LogP contribution < -0.4 is 4.74 Å². The molecule has 0 aliphatic heterocycles. The van der Waals surface area contributed by atoms with Gasteiger partial charge < -0.3 is 4.74 Å². The summed E-state index contributed by atoms with van der Waals surface area (Å²) in [7, 11) is 0. The molecule has 0 aromatic heterocycles. The Labute approximate surface area is 101 Å². The van der Waals surface area contributed by atoms with Crippen molar-refractivity contribution < 1.29 is 4.74 Å². The Morgan fingerprint density at radius 2 is 1.93 bits per heavy atom. The van der Waals surface area contributed by atoms with Gasteiger partial charge in [-0.2, -0.15) is 0 Å². The quantitative estimate of drug-likeness (QED) is 0.735. The predicted octanol–water partition coefficient (Wildman–Crippen LogP) is 4.03. The number of ether oxygens (including phenoxy) is 1. The Balaban J connectivity index is 2.88. The normalized spacial score (nSPS) is 10.4. The minimum atomic E-state index is 0.737. The lowest BCUT2D eigenvalue weighted by Gasteiger charge is -2.13. The van der Waals surface area contributed by atoms with Crippen LogP contribution in [-0.4, -0.2) is 11.9 Å². The summed E-state index contributed by atoms with van der Waals surface area (Å²) in [5.41, 5.74) is 4.10. The second kappa shape index (κ2) is 6.16. The van der Waals surface area contributed by atoms with Crippen molar-refractivity contribution in [3.05, 3.63) is 28.8 Å². The molecular weight excluding hydrogens is 252 g/mol. The Hall–Kier alpha value is -0.500. The van der Waals surface area contributed by atoms with Crippen LogP contribution in [0.25, 0.3) is 0 Å². The Morgan fingerprint density at radius 3 is 2.53 bits per heavy atom. The molecule has 0 saturated carbocycles. The van der Waals surface area contributed by atoms with Gasteiger partial charge in [-0.3, -0.25) is 0 Å². The lowest BCUT2D eigenvalue weighted by Crippen LogP contribution is -1.99.